The van der Waals surface area contributed by atoms with Crippen molar-refractivity contribution in [1.29, 1.82) is 0 Å². The van der Waals surface area contributed by atoms with E-state index in [2.05, 4.69) is 23.2 Å². The van der Waals surface area contributed by atoms with Crippen LogP contribution in [0.5, 0.6) is 5.75 Å². The van der Waals surface area contributed by atoms with Crippen molar-refractivity contribution in [2.45, 2.75) is 81.2 Å². The lowest BCUT2D eigenvalue weighted by molar-refractivity contribution is -0.151. The molecule has 252 valence electrons. The molecule has 0 aliphatic carbocycles. The van der Waals surface area contributed by atoms with Crippen LogP contribution < -0.4 is 10.4 Å². The zero-order valence-electron chi connectivity index (χ0n) is 27.9. The van der Waals surface area contributed by atoms with Gasteiger partial charge in [-0.15, -0.1) is 11.8 Å². The molecule has 2 aliphatic rings. The molecule has 2 fully saturated rings. The number of H-pyrrole nitrogens is 1. The van der Waals surface area contributed by atoms with Gasteiger partial charge in [0.2, 0.25) is 5.91 Å². The summed E-state index contributed by atoms with van der Waals surface area (Å²) in [4.78, 5) is 60.4. The van der Waals surface area contributed by atoms with Gasteiger partial charge in [0, 0.05) is 30.2 Å². The molecular formula is C37H42N4O6S. The van der Waals surface area contributed by atoms with Crippen LogP contribution in [-0.4, -0.2) is 63.1 Å². The molecule has 3 amide bonds. The van der Waals surface area contributed by atoms with E-state index in [1.165, 1.54) is 9.47 Å². The normalized spacial score (nSPS) is 17.6. The van der Waals surface area contributed by atoms with Gasteiger partial charge in [-0.1, -0.05) is 48.5 Å². The number of carbonyl (C=O) groups is 3. The molecule has 48 heavy (non-hydrogen) atoms. The summed E-state index contributed by atoms with van der Waals surface area (Å²) in [5, 5.41) is 0. The number of piperidine rings is 2. The van der Waals surface area contributed by atoms with Crippen molar-refractivity contribution in [2.75, 3.05) is 20.2 Å². The first-order valence-electron chi connectivity index (χ1n) is 16.4. The van der Waals surface area contributed by atoms with Crippen molar-refractivity contribution in [3.8, 4) is 5.75 Å². The SMILES string of the molecule is COc1ccc(CN2C(=O)CCC(n3c(=O)[nH]c4c(SCc5ccccc5)c(C5CCN(C(=O)OC(C)(C)C)CC5)ccc43)C2=O)cc1. The minimum Gasteiger partial charge on any atom is -0.497 e. The molecule has 6 rings (SSSR count). The fourth-order valence-electron chi connectivity index (χ4n) is 6.54. The van der Waals surface area contributed by atoms with Crippen LogP contribution in [0.25, 0.3) is 11.0 Å². The van der Waals surface area contributed by atoms with Crippen LogP contribution in [0.2, 0.25) is 0 Å². The summed E-state index contributed by atoms with van der Waals surface area (Å²) >= 11 is 1.67. The van der Waals surface area contributed by atoms with Gasteiger partial charge in [-0.05, 0) is 80.8 Å². The molecular weight excluding hydrogens is 628 g/mol. The maximum absolute atomic E-state index is 13.9. The minimum atomic E-state index is -0.808. The molecule has 11 heteroatoms. The van der Waals surface area contributed by atoms with Gasteiger partial charge in [-0.2, -0.15) is 0 Å². The van der Waals surface area contributed by atoms with Crippen LogP contribution in [0.15, 0.2) is 76.4 Å². The number of hydrogen-bond donors (Lipinski definition) is 1. The zero-order chi connectivity index (χ0) is 34.0. The van der Waals surface area contributed by atoms with Gasteiger partial charge in [0.1, 0.15) is 17.4 Å². The Labute approximate surface area is 284 Å². The Morgan fingerprint density at radius 2 is 1.62 bits per heavy atom. The highest BCUT2D eigenvalue weighted by Crippen LogP contribution is 2.41. The van der Waals surface area contributed by atoms with E-state index in [1.807, 2.05) is 57.2 Å². The molecule has 0 radical (unpaired) electrons. The van der Waals surface area contributed by atoms with Crippen LogP contribution in [0.1, 0.15) is 75.1 Å². The number of methoxy groups -OCH3 is 1. The summed E-state index contributed by atoms with van der Waals surface area (Å²) in [5.74, 6) is 0.921. The Morgan fingerprint density at radius 3 is 2.29 bits per heavy atom. The van der Waals surface area contributed by atoms with Crippen LogP contribution in [-0.2, 0) is 26.6 Å². The summed E-state index contributed by atoms with van der Waals surface area (Å²) < 4.78 is 12.4. The molecule has 2 saturated heterocycles. The number of amides is 3. The number of fused-ring (bicyclic) bond motifs is 1. The molecule has 1 atom stereocenters. The highest BCUT2D eigenvalue weighted by Gasteiger charge is 2.38. The van der Waals surface area contributed by atoms with Gasteiger partial charge < -0.3 is 19.4 Å². The largest absolute Gasteiger partial charge is 0.497 e. The second-order valence-electron chi connectivity index (χ2n) is 13.4. The van der Waals surface area contributed by atoms with Crippen molar-refractivity contribution in [3.05, 3.63) is 93.9 Å². The number of benzene rings is 3. The molecule has 1 aromatic heterocycles. The number of hydrogen-bond acceptors (Lipinski definition) is 7. The van der Waals surface area contributed by atoms with Gasteiger partial charge in [-0.25, -0.2) is 9.59 Å². The third-order valence-corrected chi connectivity index (χ3v) is 10.2. The quantitative estimate of drug-likeness (QED) is 0.165. The van der Waals surface area contributed by atoms with E-state index in [4.69, 9.17) is 9.47 Å². The fraction of sp³-hybridized carbons (Fsp3) is 0.405. The highest BCUT2D eigenvalue weighted by atomic mass is 32.2. The Balaban J connectivity index is 1.31. The van der Waals surface area contributed by atoms with E-state index in [0.29, 0.717) is 35.6 Å². The predicted octanol–water partition coefficient (Wildman–Crippen LogP) is 6.64. The number of ether oxygens (including phenoxy) is 2. The first-order chi connectivity index (χ1) is 23.0. The van der Waals surface area contributed by atoms with Crippen molar-refractivity contribution >= 4 is 40.7 Å². The van der Waals surface area contributed by atoms with Crippen molar-refractivity contribution < 1.29 is 23.9 Å². The lowest BCUT2D eigenvalue weighted by Crippen LogP contribution is -2.46. The van der Waals surface area contributed by atoms with Crippen LogP contribution in [0.3, 0.4) is 0 Å². The number of rotatable bonds is 8. The Kier molecular flexibility index (Phi) is 9.68. The number of nitrogens with zero attached hydrogens (tertiary/aromatic N) is 3. The number of thioether (sulfide) groups is 1. The number of aromatic nitrogens is 2. The number of likely N-dealkylation sites (tertiary alicyclic amines) is 2. The Morgan fingerprint density at radius 1 is 0.917 bits per heavy atom. The van der Waals surface area contributed by atoms with E-state index in [1.54, 1.807) is 35.9 Å². The van der Waals surface area contributed by atoms with Crippen molar-refractivity contribution in [2.24, 2.45) is 0 Å². The lowest BCUT2D eigenvalue weighted by atomic mass is 9.89. The second kappa shape index (κ2) is 13.9. The third kappa shape index (κ3) is 7.16. The second-order valence-corrected chi connectivity index (χ2v) is 14.4. The number of imidazole rings is 1. The molecule has 3 aromatic carbocycles. The monoisotopic (exact) mass is 670 g/mol. The first-order valence-corrected chi connectivity index (χ1v) is 17.4. The predicted molar refractivity (Wildman–Crippen MR) is 185 cm³/mol. The molecule has 1 unspecified atom stereocenters. The summed E-state index contributed by atoms with van der Waals surface area (Å²) in [6.07, 6.45) is 1.64. The van der Waals surface area contributed by atoms with Crippen LogP contribution in [0.4, 0.5) is 4.79 Å². The molecule has 0 bridgehead atoms. The zero-order valence-corrected chi connectivity index (χ0v) is 28.7. The van der Waals surface area contributed by atoms with Gasteiger partial charge in [-0.3, -0.25) is 19.1 Å². The topological polar surface area (TPSA) is 114 Å². The number of aromatic amines is 1. The smallest absolute Gasteiger partial charge is 0.410 e. The van der Waals surface area contributed by atoms with E-state index in [0.717, 1.165) is 34.4 Å². The average molecular weight is 671 g/mol. The average Bonchev–Trinajstić information content (AvgIpc) is 3.41. The standard InChI is InChI=1S/C37H42N4O6S/c1-37(2,3)47-36(45)39-20-18-26(19-21-39)28-14-15-29-32(33(28)48-23-25-8-6-5-7-9-25)38-35(44)41(29)30-16-17-31(42)40(34(30)43)22-24-10-12-27(46-4)13-11-24/h5-15,26,30H,16-23H2,1-4H3,(H,38,44). The molecule has 2 aliphatic heterocycles. The Hall–Kier alpha value is -4.51. The minimum absolute atomic E-state index is 0.125. The highest BCUT2D eigenvalue weighted by molar-refractivity contribution is 7.98. The van der Waals surface area contributed by atoms with Crippen molar-refractivity contribution in [3.63, 3.8) is 0 Å². The van der Waals surface area contributed by atoms with E-state index in [-0.39, 0.29) is 48.9 Å². The maximum atomic E-state index is 13.9. The number of imide groups is 1. The molecule has 0 spiro atoms. The van der Waals surface area contributed by atoms with Crippen LogP contribution in [0, 0.1) is 0 Å². The first kappa shape index (κ1) is 33.4. The van der Waals surface area contributed by atoms with Crippen LogP contribution >= 0.6 is 11.8 Å². The maximum Gasteiger partial charge on any atom is 0.410 e. The summed E-state index contributed by atoms with van der Waals surface area (Å²) in [7, 11) is 1.58. The molecule has 4 aromatic rings. The Bertz CT molecular complexity index is 1850. The van der Waals surface area contributed by atoms with Crippen molar-refractivity contribution in [1.82, 2.24) is 19.4 Å². The third-order valence-electron chi connectivity index (χ3n) is 8.98. The van der Waals surface area contributed by atoms with E-state index in [9.17, 15) is 19.2 Å². The number of nitrogens with one attached hydrogen (secondary N) is 1. The summed E-state index contributed by atoms with van der Waals surface area (Å²) in [6, 6.07) is 20.6. The summed E-state index contributed by atoms with van der Waals surface area (Å²) in [5.41, 5.74) is 3.47. The van der Waals surface area contributed by atoms with Gasteiger partial charge in [0.15, 0.2) is 0 Å². The van der Waals surface area contributed by atoms with Gasteiger partial charge in [0.05, 0.1) is 24.7 Å². The van der Waals surface area contributed by atoms with Gasteiger partial charge in [0.25, 0.3) is 5.91 Å². The fourth-order valence-corrected chi connectivity index (χ4v) is 7.75. The lowest BCUT2D eigenvalue weighted by Gasteiger charge is -2.34. The van der Waals surface area contributed by atoms with E-state index >= 15 is 0 Å². The molecule has 3 heterocycles. The molecule has 10 nitrogen and oxygen atoms in total. The number of carbonyl (C=O) groups excluding carboxylic acids is 3. The molecule has 0 saturated carbocycles. The molecule has 1 N–H and O–H groups in total. The van der Waals surface area contributed by atoms with Gasteiger partial charge >= 0.3 is 11.8 Å². The van der Waals surface area contributed by atoms with E-state index < -0.39 is 11.6 Å². The summed E-state index contributed by atoms with van der Waals surface area (Å²) in [6.45, 7) is 6.88.